The molecule has 1 fully saturated rings. The summed E-state index contributed by atoms with van der Waals surface area (Å²) in [5.74, 6) is 0.918. The molecule has 2 rings (SSSR count). The summed E-state index contributed by atoms with van der Waals surface area (Å²) in [6, 6.07) is 5.75. The minimum atomic E-state index is -0.706. The second-order valence-electron chi connectivity index (χ2n) is 7.44. The summed E-state index contributed by atoms with van der Waals surface area (Å²) < 4.78 is 23.7. The third-order valence-electron chi connectivity index (χ3n) is 5.18. The van der Waals surface area contributed by atoms with Crippen LogP contribution in [0.5, 0.6) is 5.75 Å². The Morgan fingerprint density at radius 1 is 1.24 bits per heavy atom. The lowest BCUT2D eigenvalue weighted by molar-refractivity contribution is 0.110. The normalized spacial score (nSPS) is 16.8. The first kappa shape index (κ1) is 25.9. The number of nitrogens with one attached hydrogen (secondary N) is 2. The summed E-state index contributed by atoms with van der Waals surface area (Å²) >= 11 is 0. The molecule has 0 aromatic heterocycles. The second kappa shape index (κ2) is 14.0. The van der Waals surface area contributed by atoms with E-state index in [9.17, 15) is 9.50 Å². The van der Waals surface area contributed by atoms with Gasteiger partial charge in [-0.3, -0.25) is 4.99 Å². The Morgan fingerprint density at radius 3 is 2.55 bits per heavy atom. The maximum atomic E-state index is 12.9. The summed E-state index contributed by atoms with van der Waals surface area (Å²) in [5, 5.41) is 16.6. The Bertz CT molecular complexity index is 595. The van der Waals surface area contributed by atoms with Gasteiger partial charge in [0.1, 0.15) is 24.3 Å². The number of guanidine groups is 1. The van der Waals surface area contributed by atoms with Crippen molar-refractivity contribution in [3.63, 3.8) is 0 Å². The van der Waals surface area contributed by atoms with Crippen molar-refractivity contribution in [1.82, 2.24) is 10.6 Å². The highest BCUT2D eigenvalue weighted by molar-refractivity contribution is 14.0. The van der Waals surface area contributed by atoms with E-state index in [2.05, 4.69) is 10.6 Å². The zero-order valence-corrected chi connectivity index (χ0v) is 19.8. The number of aliphatic hydroxyl groups is 1. The number of halogens is 2. The van der Waals surface area contributed by atoms with E-state index in [1.165, 1.54) is 37.8 Å². The van der Waals surface area contributed by atoms with Crippen molar-refractivity contribution >= 4 is 29.9 Å². The number of aliphatic imine (C=N–C) groups is 1. The van der Waals surface area contributed by atoms with E-state index in [1.807, 2.05) is 6.92 Å². The molecule has 1 atom stereocenters. The molecule has 0 amide bonds. The lowest BCUT2D eigenvalue weighted by Crippen LogP contribution is -2.43. The molecular weight excluding hydrogens is 488 g/mol. The Balaban J connectivity index is 0.00000420. The lowest BCUT2D eigenvalue weighted by atomic mass is 9.83. The maximum Gasteiger partial charge on any atom is 0.191 e. The van der Waals surface area contributed by atoms with Crippen LogP contribution in [-0.4, -0.2) is 57.1 Å². The number of rotatable bonds is 11. The summed E-state index contributed by atoms with van der Waals surface area (Å²) in [7, 11) is 1.74. The van der Waals surface area contributed by atoms with E-state index >= 15 is 0 Å². The summed E-state index contributed by atoms with van der Waals surface area (Å²) in [6.07, 6.45) is 5.20. The Labute approximate surface area is 190 Å². The zero-order chi connectivity index (χ0) is 20.2. The topological polar surface area (TPSA) is 75.1 Å². The smallest absolute Gasteiger partial charge is 0.191 e. The first-order valence-electron chi connectivity index (χ1n) is 10.1. The van der Waals surface area contributed by atoms with E-state index in [0.29, 0.717) is 18.3 Å². The van der Waals surface area contributed by atoms with Crippen LogP contribution >= 0.6 is 24.0 Å². The molecule has 0 saturated heterocycles. The van der Waals surface area contributed by atoms with Crippen LogP contribution in [0.3, 0.4) is 0 Å². The van der Waals surface area contributed by atoms with Crippen molar-refractivity contribution in [2.75, 3.05) is 40.0 Å². The number of ether oxygens (including phenoxy) is 2. The number of benzene rings is 1. The fourth-order valence-corrected chi connectivity index (χ4v) is 3.52. The average Bonchev–Trinajstić information content (AvgIpc) is 3.17. The second-order valence-corrected chi connectivity index (χ2v) is 7.44. The molecule has 3 N–H and O–H groups in total. The van der Waals surface area contributed by atoms with Gasteiger partial charge in [-0.15, -0.1) is 24.0 Å². The Hall–Kier alpha value is -1.13. The van der Waals surface area contributed by atoms with Gasteiger partial charge in [-0.2, -0.15) is 0 Å². The zero-order valence-electron chi connectivity index (χ0n) is 17.5. The molecule has 29 heavy (non-hydrogen) atoms. The van der Waals surface area contributed by atoms with E-state index < -0.39 is 6.10 Å². The third kappa shape index (κ3) is 9.48. The number of aliphatic hydroxyl groups excluding tert-OH is 1. The average molecular weight is 523 g/mol. The van der Waals surface area contributed by atoms with Gasteiger partial charge in [0.05, 0.1) is 0 Å². The SMILES string of the molecule is CCNC(=NCC1(CCOC)CCCC1)NCC(O)COc1ccc(F)cc1.I. The molecule has 166 valence electrons. The first-order valence-corrected chi connectivity index (χ1v) is 10.1. The molecule has 6 nitrogen and oxygen atoms in total. The van der Waals surface area contributed by atoms with Gasteiger partial charge in [0.2, 0.25) is 0 Å². The molecular formula is C21H35FIN3O3. The number of methoxy groups -OCH3 is 1. The fraction of sp³-hybridized carbons (Fsp3) is 0.667. The van der Waals surface area contributed by atoms with E-state index in [1.54, 1.807) is 19.2 Å². The fourth-order valence-electron chi connectivity index (χ4n) is 3.52. The van der Waals surface area contributed by atoms with Crippen molar-refractivity contribution in [2.45, 2.75) is 45.1 Å². The van der Waals surface area contributed by atoms with Crippen LogP contribution in [0.2, 0.25) is 0 Å². The molecule has 0 heterocycles. The van der Waals surface area contributed by atoms with Crippen LogP contribution in [0, 0.1) is 11.2 Å². The molecule has 0 spiro atoms. The monoisotopic (exact) mass is 523 g/mol. The lowest BCUT2D eigenvalue weighted by Gasteiger charge is -2.27. The molecule has 1 aliphatic rings. The van der Waals surface area contributed by atoms with Gasteiger partial charge in [-0.1, -0.05) is 12.8 Å². The molecule has 0 radical (unpaired) electrons. The summed E-state index contributed by atoms with van der Waals surface area (Å²) in [5.41, 5.74) is 0.225. The largest absolute Gasteiger partial charge is 0.491 e. The molecule has 1 unspecified atom stereocenters. The standard InChI is InChI=1S/C21H34FN3O3.HI/c1-3-23-20(25-16-21(12-13-27-2)10-4-5-11-21)24-14-18(26)15-28-19-8-6-17(22)7-9-19;/h6-9,18,26H,3-5,10-16H2,1-2H3,(H2,23,24,25);1H. The number of hydrogen-bond donors (Lipinski definition) is 3. The van der Waals surface area contributed by atoms with Crippen molar-refractivity contribution < 1.29 is 19.0 Å². The van der Waals surface area contributed by atoms with Gasteiger partial charge < -0.3 is 25.2 Å². The van der Waals surface area contributed by atoms with Gasteiger partial charge in [-0.25, -0.2) is 4.39 Å². The first-order chi connectivity index (χ1) is 13.6. The molecule has 8 heteroatoms. The minimum Gasteiger partial charge on any atom is -0.491 e. The molecule has 1 saturated carbocycles. The van der Waals surface area contributed by atoms with Gasteiger partial charge in [0.25, 0.3) is 0 Å². The van der Waals surface area contributed by atoms with Crippen LogP contribution in [0.15, 0.2) is 29.3 Å². The van der Waals surface area contributed by atoms with Crippen molar-refractivity contribution in [1.29, 1.82) is 0 Å². The quantitative estimate of drug-likeness (QED) is 0.236. The number of nitrogens with zero attached hydrogens (tertiary/aromatic N) is 1. The predicted octanol–water partition coefficient (Wildman–Crippen LogP) is 3.34. The number of hydrogen-bond acceptors (Lipinski definition) is 4. The summed E-state index contributed by atoms with van der Waals surface area (Å²) in [4.78, 5) is 4.77. The molecule has 0 aliphatic heterocycles. The van der Waals surface area contributed by atoms with Crippen LogP contribution in [0.1, 0.15) is 39.0 Å². The molecule has 1 aromatic carbocycles. The van der Waals surface area contributed by atoms with Crippen LogP contribution < -0.4 is 15.4 Å². The van der Waals surface area contributed by atoms with Crippen molar-refractivity contribution in [3.8, 4) is 5.75 Å². The van der Waals surface area contributed by atoms with Gasteiger partial charge in [0, 0.05) is 33.4 Å². The van der Waals surface area contributed by atoms with Gasteiger partial charge in [0.15, 0.2) is 5.96 Å². The van der Waals surface area contributed by atoms with Crippen LogP contribution in [-0.2, 0) is 4.74 Å². The summed E-state index contributed by atoms with van der Waals surface area (Å²) in [6.45, 7) is 4.72. The van der Waals surface area contributed by atoms with Gasteiger partial charge in [-0.05, 0) is 55.9 Å². The maximum absolute atomic E-state index is 12.9. The molecule has 1 aromatic rings. The van der Waals surface area contributed by atoms with E-state index in [-0.39, 0.29) is 41.8 Å². The highest BCUT2D eigenvalue weighted by Crippen LogP contribution is 2.41. The minimum absolute atomic E-state index is 0. The van der Waals surface area contributed by atoms with Crippen molar-refractivity contribution in [2.24, 2.45) is 10.4 Å². The Morgan fingerprint density at radius 2 is 1.93 bits per heavy atom. The molecule has 0 bridgehead atoms. The molecule has 1 aliphatic carbocycles. The van der Waals surface area contributed by atoms with Gasteiger partial charge >= 0.3 is 0 Å². The van der Waals surface area contributed by atoms with E-state index in [0.717, 1.165) is 26.1 Å². The Kier molecular flexibility index (Phi) is 12.5. The van der Waals surface area contributed by atoms with Crippen LogP contribution in [0.4, 0.5) is 4.39 Å². The highest BCUT2D eigenvalue weighted by atomic mass is 127. The third-order valence-corrected chi connectivity index (χ3v) is 5.18. The van der Waals surface area contributed by atoms with Crippen LogP contribution in [0.25, 0.3) is 0 Å². The predicted molar refractivity (Wildman–Crippen MR) is 125 cm³/mol. The van der Waals surface area contributed by atoms with Crippen molar-refractivity contribution in [3.05, 3.63) is 30.1 Å². The van der Waals surface area contributed by atoms with E-state index in [4.69, 9.17) is 14.5 Å². The highest BCUT2D eigenvalue weighted by Gasteiger charge is 2.33.